The van der Waals surface area contributed by atoms with Crippen LogP contribution < -0.4 is 9.30 Å². The summed E-state index contributed by atoms with van der Waals surface area (Å²) in [6.07, 6.45) is 2.53. The SMILES string of the molecule is COc1ccc(N(C=O)[Si](C)(C)C)cn1. The number of anilines is 1. The molecular formula is C10H16N2O2Si. The smallest absolute Gasteiger partial charge is 0.213 e. The minimum absolute atomic E-state index is 0.556. The van der Waals surface area contributed by atoms with Crippen molar-refractivity contribution in [2.24, 2.45) is 0 Å². The van der Waals surface area contributed by atoms with Gasteiger partial charge in [-0.3, -0.25) is 4.79 Å². The molecule has 0 aromatic carbocycles. The molecule has 0 fully saturated rings. The molecule has 0 saturated carbocycles. The molecule has 0 atom stereocenters. The highest BCUT2D eigenvalue weighted by Gasteiger charge is 2.24. The van der Waals surface area contributed by atoms with Gasteiger partial charge in [-0.15, -0.1) is 0 Å². The monoisotopic (exact) mass is 224 g/mol. The average molecular weight is 224 g/mol. The van der Waals surface area contributed by atoms with Crippen molar-refractivity contribution in [1.29, 1.82) is 0 Å². The van der Waals surface area contributed by atoms with E-state index in [1.807, 2.05) is 6.07 Å². The Morgan fingerprint density at radius 2 is 2.07 bits per heavy atom. The van der Waals surface area contributed by atoms with Gasteiger partial charge in [0.2, 0.25) is 12.3 Å². The van der Waals surface area contributed by atoms with Crippen LogP contribution in [0.15, 0.2) is 18.3 Å². The maximum atomic E-state index is 11.0. The van der Waals surface area contributed by atoms with E-state index in [2.05, 4.69) is 24.6 Å². The lowest BCUT2D eigenvalue weighted by molar-refractivity contribution is -0.106. The van der Waals surface area contributed by atoms with E-state index in [9.17, 15) is 4.79 Å². The lowest BCUT2D eigenvalue weighted by Crippen LogP contribution is -2.45. The molecule has 0 aliphatic heterocycles. The summed E-state index contributed by atoms with van der Waals surface area (Å²) in [6.45, 7) is 6.31. The molecule has 0 unspecified atom stereocenters. The zero-order chi connectivity index (χ0) is 11.5. The molecule has 1 aromatic heterocycles. The van der Waals surface area contributed by atoms with Crippen LogP contribution in [-0.4, -0.2) is 26.7 Å². The van der Waals surface area contributed by atoms with Gasteiger partial charge in [-0.05, 0) is 6.07 Å². The molecule has 0 spiro atoms. The number of pyridine rings is 1. The van der Waals surface area contributed by atoms with Gasteiger partial charge in [0, 0.05) is 6.07 Å². The van der Waals surface area contributed by atoms with Crippen LogP contribution in [0.25, 0.3) is 0 Å². The van der Waals surface area contributed by atoms with Crippen molar-refractivity contribution in [3.63, 3.8) is 0 Å². The fraction of sp³-hybridized carbons (Fsp3) is 0.400. The first-order valence-electron chi connectivity index (χ1n) is 4.73. The number of amides is 1. The second-order valence-electron chi connectivity index (χ2n) is 4.20. The molecule has 0 N–H and O–H groups in total. The van der Waals surface area contributed by atoms with E-state index >= 15 is 0 Å². The molecule has 82 valence electrons. The van der Waals surface area contributed by atoms with Gasteiger partial charge in [0.15, 0.2) is 8.24 Å². The fourth-order valence-electron chi connectivity index (χ4n) is 1.24. The molecule has 1 rings (SSSR count). The second-order valence-corrected chi connectivity index (χ2v) is 9.03. The number of nitrogens with zero attached hydrogens (tertiary/aromatic N) is 2. The van der Waals surface area contributed by atoms with Crippen molar-refractivity contribution in [2.45, 2.75) is 19.6 Å². The summed E-state index contributed by atoms with van der Waals surface area (Å²) >= 11 is 0. The standard InChI is InChI=1S/C10H16N2O2Si/c1-14-10-6-5-9(7-11-10)12(8-13)15(2,3)4/h5-8H,1-4H3. The van der Waals surface area contributed by atoms with Crippen LogP contribution in [0.3, 0.4) is 0 Å². The minimum Gasteiger partial charge on any atom is -0.481 e. The van der Waals surface area contributed by atoms with Crippen LogP contribution in [0.5, 0.6) is 5.88 Å². The average Bonchev–Trinajstić information content (AvgIpc) is 2.18. The van der Waals surface area contributed by atoms with Gasteiger partial charge in [-0.1, -0.05) is 19.6 Å². The summed E-state index contributed by atoms with van der Waals surface area (Å²) in [5.41, 5.74) is 0.824. The lowest BCUT2D eigenvalue weighted by Gasteiger charge is -2.29. The van der Waals surface area contributed by atoms with Gasteiger partial charge in [0.05, 0.1) is 19.0 Å². The third kappa shape index (κ3) is 2.79. The lowest BCUT2D eigenvalue weighted by atomic mass is 10.4. The molecular weight excluding hydrogens is 208 g/mol. The highest BCUT2D eigenvalue weighted by atomic mass is 28.3. The van der Waals surface area contributed by atoms with Crippen molar-refractivity contribution in [3.8, 4) is 5.88 Å². The van der Waals surface area contributed by atoms with E-state index in [-0.39, 0.29) is 0 Å². The van der Waals surface area contributed by atoms with E-state index in [0.29, 0.717) is 5.88 Å². The highest BCUT2D eigenvalue weighted by molar-refractivity contribution is 6.82. The molecule has 15 heavy (non-hydrogen) atoms. The van der Waals surface area contributed by atoms with Crippen molar-refractivity contribution >= 4 is 20.3 Å². The number of carbonyl (C=O) groups is 1. The number of carbonyl (C=O) groups excluding carboxylic acids is 1. The largest absolute Gasteiger partial charge is 0.481 e. The van der Waals surface area contributed by atoms with E-state index in [4.69, 9.17) is 4.74 Å². The Bertz CT molecular complexity index is 332. The summed E-state index contributed by atoms with van der Waals surface area (Å²) in [4.78, 5) is 15.1. The zero-order valence-electron chi connectivity index (χ0n) is 9.52. The fourth-order valence-corrected chi connectivity index (χ4v) is 2.47. The number of methoxy groups -OCH3 is 1. The maximum absolute atomic E-state index is 11.0. The minimum atomic E-state index is -1.67. The predicted octanol–water partition coefficient (Wildman–Crippen LogP) is 1.89. The molecule has 4 nitrogen and oxygen atoms in total. The molecule has 0 aliphatic carbocycles. The van der Waals surface area contributed by atoms with Gasteiger partial charge >= 0.3 is 0 Å². The van der Waals surface area contributed by atoms with Crippen LogP contribution >= 0.6 is 0 Å². The van der Waals surface area contributed by atoms with Crippen LogP contribution in [0, 0.1) is 0 Å². The normalized spacial score (nSPS) is 10.9. The first kappa shape index (κ1) is 11.7. The Morgan fingerprint density at radius 1 is 1.40 bits per heavy atom. The van der Waals surface area contributed by atoms with Crippen molar-refractivity contribution in [2.75, 3.05) is 11.7 Å². The summed E-state index contributed by atoms with van der Waals surface area (Å²) in [5.74, 6) is 0.556. The third-order valence-corrected chi connectivity index (χ3v) is 3.85. The van der Waals surface area contributed by atoms with Crippen LogP contribution in [0.4, 0.5) is 5.69 Å². The number of rotatable bonds is 4. The van der Waals surface area contributed by atoms with Gasteiger partial charge in [-0.25, -0.2) is 4.98 Å². The van der Waals surface area contributed by atoms with Gasteiger partial charge < -0.3 is 9.30 Å². The third-order valence-electron chi connectivity index (χ3n) is 2.04. The number of hydrogen-bond acceptors (Lipinski definition) is 3. The molecule has 1 aromatic rings. The van der Waals surface area contributed by atoms with E-state index in [0.717, 1.165) is 12.1 Å². The Balaban J connectivity index is 2.98. The van der Waals surface area contributed by atoms with Crippen molar-refractivity contribution < 1.29 is 9.53 Å². The first-order valence-corrected chi connectivity index (χ1v) is 8.18. The second kappa shape index (κ2) is 4.44. The Labute approximate surface area is 91.0 Å². The summed E-state index contributed by atoms with van der Waals surface area (Å²) in [5, 5.41) is 0. The molecule has 0 saturated heterocycles. The predicted molar refractivity (Wildman–Crippen MR) is 62.7 cm³/mol. The Kier molecular flexibility index (Phi) is 3.46. The molecule has 1 amide bonds. The molecule has 1 heterocycles. The quantitative estimate of drug-likeness (QED) is 0.579. The Hall–Kier alpha value is -1.36. The number of hydrogen-bond donors (Lipinski definition) is 0. The molecule has 0 radical (unpaired) electrons. The van der Waals surface area contributed by atoms with Crippen LogP contribution in [0.2, 0.25) is 19.6 Å². The number of aromatic nitrogens is 1. The van der Waals surface area contributed by atoms with Crippen LogP contribution in [-0.2, 0) is 4.79 Å². The van der Waals surface area contributed by atoms with E-state index < -0.39 is 8.24 Å². The summed E-state index contributed by atoms with van der Waals surface area (Å²) in [6, 6.07) is 3.60. The maximum Gasteiger partial charge on any atom is 0.213 e. The Morgan fingerprint density at radius 3 is 2.40 bits per heavy atom. The van der Waals surface area contributed by atoms with Gasteiger partial charge in [0.25, 0.3) is 0 Å². The topological polar surface area (TPSA) is 42.4 Å². The van der Waals surface area contributed by atoms with Crippen molar-refractivity contribution in [3.05, 3.63) is 18.3 Å². The molecule has 5 heteroatoms. The molecule has 0 bridgehead atoms. The molecule has 0 aliphatic rings. The van der Waals surface area contributed by atoms with E-state index in [1.165, 1.54) is 0 Å². The number of ether oxygens (including phenoxy) is 1. The van der Waals surface area contributed by atoms with Gasteiger partial charge in [0.1, 0.15) is 0 Å². The highest BCUT2D eigenvalue weighted by Crippen LogP contribution is 2.20. The summed E-state index contributed by atoms with van der Waals surface area (Å²) in [7, 11) is -0.103. The summed E-state index contributed by atoms with van der Waals surface area (Å²) < 4.78 is 6.72. The van der Waals surface area contributed by atoms with Crippen molar-refractivity contribution in [1.82, 2.24) is 4.98 Å². The van der Waals surface area contributed by atoms with Crippen LogP contribution in [0.1, 0.15) is 0 Å². The zero-order valence-corrected chi connectivity index (χ0v) is 10.5. The first-order chi connectivity index (χ1) is 6.99. The van der Waals surface area contributed by atoms with E-state index in [1.54, 1.807) is 23.9 Å². The van der Waals surface area contributed by atoms with Gasteiger partial charge in [-0.2, -0.15) is 0 Å².